The predicted octanol–water partition coefficient (Wildman–Crippen LogP) is 5.17. The molecule has 3 N–H and O–H groups in total. The third kappa shape index (κ3) is 7.04. The summed E-state index contributed by atoms with van der Waals surface area (Å²) in [6, 6.07) is 13.6. The zero-order valence-electron chi connectivity index (χ0n) is 29.2. The summed E-state index contributed by atoms with van der Waals surface area (Å²) in [6.45, 7) is 3.73. The SMILES string of the molecule is CCC1[C@@H](Oc2nc3ccccc3c3ccccc23)CN2C(=O)[C@@H](NC(=O)c3cnc(C)cn3)CCCCCC=C[C@@H]3C[C@@]3(C(=O)O)NC(=O)[C@H]12.Cl. The number of hydrogen-bond donors (Lipinski definition) is 3. The van der Waals surface area contributed by atoms with Crippen molar-refractivity contribution in [2.75, 3.05) is 6.54 Å². The van der Waals surface area contributed by atoms with Crippen LogP contribution < -0.4 is 15.4 Å². The van der Waals surface area contributed by atoms with Crippen LogP contribution in [0.5, 0.6) is 5.88 Å². The second-order valence-electron chi connectivity index (χ2n) is 13.9. The number of benzene rings is 2. The van der Waals surface area contributed by atoms with Gasteiger partial charge in [0.15, 0.2) is 0 Å². The highest BCUT2D eigenvalue weighted by Crippen LogP contribution is 2.46. The highest BCUT2D eigenvalue weighted by atomic mass is 35.5. The van der Waals surface area contributed by atoms with Crippen molar-refractivity contribution >= 4 is 57.8 Å². The van der Waals surface area contributed by atoms with E-state index in [1.54, 1.807) is 6.92 Å². The number of aromatic nitrogens is 3. The third-order valence-electron chi connectivity index (χ3n) is 10.5. The molecular weight excluding hydrogens is 684 g/mol. The summed E-state index contributed by atoms with van der Waals surface area (Å²) in [5.74, 6) is -3.11. The molecule has 1 saturated heterocycles. The predicted molar refractivity (Wildman–Crippen MR) is 197 cm³/mol. The number of allylic oxidation sites excluding steroid dienone is 1. The van der Waals surface area contributed by atoms with E-state index in [2.05, 4.69) is 20.6 Å². The molecule has 3 amide bonds. The number of para-hydroxylation sites is 1. The molecule has 4 heterocycles. The quantitative estimate of drug-likeness (QED) is 0.180. The van der Waals surface area contributed by atoms with E-state index in [-0.39, 0.29) is 37.0 Å². The molecule has 0 bridgehead atoms. The number of nitrogens with one attached hydrogen (secondary N) is 2. The van der Waals surface area contributed by atoms with Crippen LogP contribution in [0.1, 0.15) is 68.1 Å². The third-order valence-corrected chi connectivity index (χ3v) is 10.5. The number of ether oxygens (including phenoxy) is 1. The highest BCUT2D eigenvalue weighted by molar-refractivity contribution is 6.07. The first-order valence-corrected chi connectivity index (χ1v) is 17.8. The van der Waals surface area contributed by atoms with E-state index in [1.165, 1.54) is 17.3 Å². The maximum Gasteiger partial charge on any atom is 0.330 e. The van der Waals surface area contributed by atoms with Gasteiger partial charge in [-0.2, -0.15) is 0 Å². The van der Waals surface area contributed by atoms with Gasteiger partial charge in [-0.05, 0) is 56.5 Å². The van der Waals surface area contributed by atoms with Crippen molar-refractivity contribution in [3.63, 3.8) is 0 Å². The van der Waals surface area contributed by atoms with Gasteiger partial charge < -0.3 is 25.4 Å². The molecule has 2 fully saturated rings. The summed E-state index contributed by atoms with van der Waals surface area (Å²) in [6.07, 6.45) is 10.2. The van der Waals surface area contributed by atoms with Crippen LogP contribution in [0.3, 0.4) is 0 Å². The van der Waals surface area contributed by atoms with Crippen molar-refractivity contribution in [1.29, 1.82) is 0 Å². The molecule has 3 aliphatic rings. The number of fused-ring (bicyclic) bond motifs is 5. The number of carbonyl (C=O) groups is 4. The minimum absolute atomic E-state index is 0. The van der Waals surface area contributed by atoms with Gasteiger partial charge in [-0.25, -0.2) is 14.8 Å². The Bertz CT molecular complexity index is 2020. The Hall–Kier alpha value is -5.10. The van der Waals surface area contributed by atoms with Crippen LogP contribution in [0, 0.1) is 18.8 Å². The van der Waals surface area contributed by atoms with Crippen molar-refractivity contribution in [3.05, 3.63) is 84.5 Å². The molecule has 2 aromatic heterocycles. The fourth-order valence-corrected chi connectivity index (χ4v) is 7.66. The van der Waals surface area contributed by atoms with E-state index >= 15 is 0 Å². The number of pyridine rings is 1. The number of nitrogens with zero attached hydrogens (tertiary/aromatic N) is 4. The molecule has 272 valence electrons. The summed E-state index contributed by atoms with van der Waals surface area (Å²) in [5, 5.41) is 18.8. The first kappa shape index (κ1) is 36.7. The van der Waals surface area contributed by atoms with Gasteiger partial charge >= 0.3 is 5.97 Å². The molecule has 12 nitrogen and oxygen atoms in total. The second kappa shape index (κ2) is 15.2. The van der Waals surface area contributed by atoms with Gasteiger partial charge in [0, 0.05) is 28.8 Å². The Labute approximate surface area is 307 Å². The first-order valence-electron chi connectivity index (χ1n) is 17.8. The van der Waals surface area contributed by atoms with E-state index in [4.69, 9.17) is 9.72 Å². The van der Waals surface area contributed by atoms with Crippen molar-refractivity contribution in [2.45, 2.75) is 82.5 Å². The molecule has 52 heavy (non-hydrogen) atoms. The van der Waals surface area contributed by atoms with E-state index in [0.717, 1.165) is 40.9 Å². The molecule has 2 aliphatic heterocycles. The molecule has 1 unspecified atom stereocenters. The lowest BCUT2D eigenvalue weighted by atomic mass is 9.93. The van der Waals surface area contributed by atoms with Gasteiger partial charge in [-0.1, -0.05) is 68.3 Å². The average molecular weight is 727 g/mol. The molecule has 6 atom stereocenters. The number of hydrogen-bond acceptors (Lipinski definition) is 8. The highest BCUT2D eigenvalue weighted by Gasteiger charge is 2.62. The Morgan fingerprint density at radius 2 is 1.77 bits per heavy atom. The molecular formula is C39H43ClN6O6. The summed E-state index contributed by atoms with van der Waals surface area (Å²) in [7, 11) is 0. The number of carboxylic acid groups (broad SMARTS) is 1. The normalized spacial score (nSPS) is 26.3. The van der Waals surface area contributed by atoms with E-state index in [9.17, 15) is 24.3 Å². The van der Waals surface area contributed by atoms with Crippen molar-refractivity contribution in [2.24, 2.45) is 11.8 Å². The summed E-state index contributed by atoms with van der Waals surface area (Å²) >= 11 is 0. The van der Waals surface area contributed by atoms with Crippen LogP contribution >= 0.6 is 12.4 Å². The molecule has 1 aliphatic carbocycles. The monoisotopic (exact) mass is 726 g/mol. The summed E-state index contributed by atoms with van der Waals surface area (Å²) in [5.41, 5.74) is 0.0290. The lowest BCUT2D eigenvalue weighted by Crippen LogP contribution is -2.57. The lowest BCUT2D eigenvalue weighted by Gasteiger charge is -2.31. The number of rotatable bonds is 6. The summed E-state index contributed by atoms with van der Waals surface area (Å²) in [4.78, 5) is 69.8. The number of aliphatic carboxylic acids is 1. The van der Waals surface area contributed by atoms with Crippen molar-refractivity contribution < 1.29 is 29.0 Å². The van der Waals surface area contributed by atoms with E-state index < -0.39 is 53.3 Å². The van der Waals surface area contributed by atoms with Crippen LogP contribution in [-0.2, 0) is 14.4 Å². The Morgan fingerprint density at radius 1 is 1.02 bits per heavy atom. The summed E-state index contributed by atoms with van der Waals surface area (Å²) < 4.78 is 6.73. The largest absolute Gasteiger partial charge is 0.479 e. The molecule has 0 spiro atoms. The fourth-order valence-electron chi connectivity index (χ4n) is 7.66. The Balaban J connectivity index is 0.00000464. The van der Waals surface area contributed by atoms with Gasteiger partial charge in [0.25, 0.3) is 5.91 Å². The number of aryl methyl sites for hydroxylation is 1. The van der Waals surface area contributed by atoms with Gasteiger partial charge in [0.1, 0.15) is 29.4 Å². The zero-order chi connectivity index (χ0) is 35.7. The van der Waals surface area contributed by atoms with Gasteiger partial charge in [-0.15, -0.1) is 12.4 Å². The first-order chi connectivity index (χ1) is 24.7. The topological polar surface area (TPSA) is 164 Å². The van der Waals surface area contributed by atoms with Crippen LogP contribution in [0.15, 0.2) is 73.1 Å². The minimum atomic E-state index is -1.45. The maximum atomic E-state index is 14.7. The van der Waals surface area contributed by atoms with Gasteiger partial charge in [0.2, 0.25) is 17.7 Å². The van der Waals surface area contributed by atoms with Crippen LogP contribution in [0.4, 0.5) is 0 Å². The van der Waals surface area contributed by atoms with Crippen LogP contribution in [-0.4, -0.2) is 78.9 Å². The Morgan fingerprint density at radius 3 is 2.50 bits per heavy atom. The molecule has 2 aromatic carbocycles. The maximum absolute atomic E-state index is 14.7. The number of carboxylic acids is 1. The Kier molecular flexibility index (Phi) is 10.8. The fraction of sp³-hybridized carbons (Fsp3) is 0.410. The van der Waals surface area contributed by atoms with E-state index in [0.29, 0.717) is 30.8 Å². The number of halogens is 1. The van der Waals surface area contributed by atoms with Crippen LogP contribution in [0.2, 0.25) is 0 Å². The smallest absolute Gasteiger partial charge is 0.330 e. The van der Waals surface area contributed by atoms with Crippen LogP contribution in [0.25, 0.3) is 21.7 Å². The molecule has 13 heteroatoms. The van der Waals surface area contributed by atoms with Crippen molar-refractivity contribution in [1.82, 2.24) is 30.5 Å². The number of carbonyl (C=O) groups excluding carboxylic acids is 3. The van der Waals surface area contributed by atoms with Gasteiger partial charge in [-0.3, -0.25) is 19.4 Å². The molecule has 7 rings (SSSR count). The van der Waals surface area contributed by atoms with Crippen molar-refractivity contribution in [3.8, 4) is 5.88 Å². The second-order valence-corrected chi connectivity index (χ2v) is 13.9. The minimum Gasteiger partial charge on any atom is -0.479 e. The van der Waals surface area contributed by atoms with E-state index in [1.807, 2.05) is 67.6 Å². The standard InChI is InChI=1S/C39H42N6O6.ClH/c1-3-25-32(51-36-28-16-10-9-14-26(28)27-15-11-12-17-29(27)43-36)22-45-33(25)35(47)44-39(38(49)50)19-24(39)13-7-5-4-6-8-18-30(37(45)48)42-34(46)31-21-40-23(2)20-41-31;/h7,9-17,20-21,24-25,30,32-33H,3-6,8,18-19,22H2,1-2H3,(H,42,46)(H,44,47)(H,49,50);1H/t24-,25?,30+,32+,33+,39-;/m1./s1. The molecule has 1 saturated carbocycles. The molecule has 0 radical (unpaired) electrons. The zero-order valence-corrected chi connectivity index (χ0v) is 30.0. The lowest BCUT2D eigenvalue weighted by molar-refractivity contribution is -0.146. The molecule has 4 aromatic rings. The van der Waals surface area contributed by atoms with Gasteiger partial charge in [0.05, 0.1) is 24.0 Å². The number of amides is 3. The average Bonchev–Trinajstić information content (AvgIpc) is 3.71.